The average molecular weight is 234 g/mol. The molecule has 0 aliphatic carbocycles. The van der Waals surface area contributed by atoms with Gasteiger partial charge >= 0.3 is 0 Å². The molecule has 0 saturated heterocycles. The maximum absolute atomic E-state index is 11.7. The van der Waals surface area contributed by atoms with Crippen LogP contribution >= 0.6 is 0 Å². The van der Waals surface area contributed by atoms with Crippen molar-refractivity contribution in [3.05, 3.63) is 40.6 Å². The number of nitrogens with zero attached hydrogens (tertiary/aromatic N) is 3. The van der Waals surface area contributed by atoms with Crippen LogP contribution in [0.5, 0.6) is 0 Å². The zero-order chi connectivity index (χ0) is 12.3. The molecule has 2 heterocycles. The van der Waals surface area contributed by atoms with E-state index in [1.807, 2.05) is 0 Å². The number of aromatic amines is 2. The SMILES string of the molecule is CC(NC(=O)c1cc(=O)[nH]cn1)c1ncn[nH]1. The molecule has 1 amide bonds. The number of nitrogens with one attached hydrogen (secondary N) is 3. The quantitative estimate of drug-likeness (QED) is 0.654. The Hall–Kier alpha value is -2.51. The predicted molar refractivity (Wildman–Crippen MR) is 57.1 cm³/mol. The molecule has 0 bridgehead atoms. The molecule has 2 aromatic rings. The second-order valence-electron chi connectivity index (χ2n) is 3.36. The summed E-state index contributed by atoms with van der Waals surface area (Å²) in [6.07, 6.45) is 2.53. The molecule has 0 fully saturated rings. The summed E-state index contributed by atoms with van der Waals surface area (Å²) in [6, 6.07) is 0.786. The Morgan fingerprint density at radius 3 is 2.94 bits per heavy atom. The molecule has 2 aromatic heterocycles. The largest absolute Gasteiger partial charge is 0.341 e. The van der Waals surface area contributed by atoms with Crippen molar-refractivity contribution in [3.8, 4) is 0 Å². The molecule has 1 unspecified atom stereocenters. The van der Waals surface area contributed by atoms with E-state index in [4.69, 9.17) is 0 Å². The van der Waals surface area contributed by atoms with Crippen LogP contribution in [0.15, 0.2) is 23.5 Å². The summed E-state index contributed by atoms with van der Waals surface area (Å²) in [5.41, 5.74) is -0.322. The van der Waals surface area contributed by atoms with E-state index in [-0.39, 0.29) is 17.3 Å². The minimum atomic E-state index is -0.444. The van der Waals surface area contributed by atoms with Gasteiger partial charge in [-0.1, -0.05) is 0 Å². The van der Waals surface area contributed by atoms with Crippen LogP contribution in [0, 0.1) is 0 Å². The Morgan fingerprint density at radius 1 is 1.47 bits per heavy atom. The lowest BCUT2D eigenvalue weighted by atomic mass is 10.3. The summed E-state index contributed by atoms with van der Waals surface area (Å²) in [6.45, 7) is 1.74. The number of carbonyl (C=O) groups excluding carboxylic acids is 1. The lowest BCUT2D eigenvalue weighted by Crippen LogP contribution is -2.29. The highest BCUT2D eigenvalue weighted by atomic mass is 16.2. The van der Waals surface area contributed by atoms with E-state index in [2.05, 4.69) is 30.5 Å². The summed E-state index contributed by atoms with van der Waals surface area (Å²) in [4.78, 5) is 32.7. The van der Waals surface area contributed by atoms with E-state index in [0.29, 0.717) is 5.82 Å². The molecule has 1 atom stereocenters. The van der Waals surface area contributed by atoms with Crippen molar-refractivity contribution >= 4 is 5.91 Å². The third kappa shape index (κ3) is 2.54. The van der Waals surface area contributed by atoms with Crippen LogP contribution in [-0.4, -0.2) is 31.1 Å². The second-order valence-corrected chi connectivity index (χ2v) is 3.36. The van der Waals surface area contributed by atoms with E-state index in [0.717, 1.165) is 6.07 Å². The van der Waals surface area contributed by atoms with Crippen LogP contribution in [0.3, 0.4) is 0 Å². The van der Waals surface area contributed by atoms with Crippen molar-refractivity contribution in [2.24, 2.45) is 0 Å². The minimum Gasteiger partial charge on any atom is -0.341 e. The van der Waals surface area contributed by atoms with Gasteiger partial charge in [-0.05, 0) is 6.92 Å². The van der Waals surface area contributed by atoms with Gasteiger partial charge in [0.25, 0.3) is 11.5 Å². The van der Waals surface area contributed by atoms with Gasteiger partial charge in [-0.2, -0.15) is 5.10 Å². The first-order valence-electron chi connectivity index (χ1n) is 4.87. The molecule has 8 heteroatoms. The monoisotopic (exact) mass is 234 g/mol. The summed E-state index contributed by atoms with van der Waals surface area (Å²) in [7, 11) is 0. The number of amides is 1. The van der Waals surface area contributed by atoms with E-state index < -0.39 is 5.91 Å². The highest BCUT2D eigenvalue weighted by Gasteiger charge is 2.14. The number of hydrogen-bond acceptors (Lipinski definition) is 5. The number of hydrogen-bond donors (Lipinski definition) is 3. The summed E-state index contributed by atoms with van der Waals surface area (Å²) >= 11 is 0. The molecule has 2 rings (SSSR count). The van der Waals surface area contributed by atoms with Crippen LogP contribution in [0.1, 0.15) is 29.3 Å². The number of carbonyl (C=O) groups is 1. The van der Waals surface area contributed by atoms with Gasteiger partial charge in [-0.15, -0.1) is 0 Å². The normalized spacial score (nSPS) is 12.1. The van der Waals surface area contributed by atoms with Gasteiger partial charge in [0.2, 0.25) is 0 Å². The van der Waals surface area contributed by atoms with E-state index in [1.165, 1.54) is 12.7 Å². The second kappa shape index (κ2) is 4.56. The van der Waals surface area contributed by atoms with Crippen LogP contribution < -0.4 is 10.9 Å². The fraction of sp³-hybridized carbons (Fsp3) is 0.222. The number of H-pyrrole nitrogens is 2. The summed E-state index contributed by atoms with van der Waals surface area (Å²) in [5, 5.41) is 8.96. The number of rotatable bonds is 3. The summed E-state index contributed by atoms with van der Waals surface area (Å²) < 4.78 is 0. The zero-order valence-corrected chi connectivity index (χ0v) is 8.97. The molecular formula is C9H10N6O2. The molecule has 8 nitrogen and oxygen atoms in total. The smallest absolute Gasteiger partial charge is 0.270 e. The molecule has 0 aromatic carbocycles. The van der Waals surface area contributed by atoms with E-state index >= 15 is 0 Å². The molecule has 0 aliphatic heterocycles. The molecule has 88 valence electrons. The first kappa shape index (κ1) is 11.0. The molecule has 0 radical (unpaired) electrons. The first-order chi connectivity index (χ1) is 8.16. The number of aromatic nitrogens is 5. The highest BCUT2D eigenvalue weighted by molar-refractivity contribution is 5.92. The molecule has 3 N–H and O–H groups in total. The Morgan fingerprint density at radius 2 is 2.29 bits per heavy atom. The van der Waals surface area contributed by atoms with Crippen molar-refractivity contribution < 1.29 is 4.79 Å². The van der Waals surface area contributed by atoms with Gasteiger partial charge in [-0.3, -0.25) is 14.7 Å². The summed E-state index contributed by atoms with van der Waals surface area (Å²) in [5.74, 6) is 0.0863. The van der Waals surface area contributed by atoms with Gasteiger partial charge in [0.15, 0.2) is 0 Å². The molecule has 0 aliphatic rings. The van der Waals surface area contributed by atoms with E-state index in [1.54, 1.807) is 6.92 Å². The zero-order valence-electron chi connectivity index (χ0n) is 8.97. The minimum absolute atomic E-state index is 0.0557. The first-order valence-corrected chi connectivity index (χ1v) is 4.87. The fourth-order valence-electron chi connectivity index (χ4n) is 1.26. The maximum atomic E-state index is 11.7. The molecule has 0 saturated carbocycles. The van der Waals surface area contributed by atoms with E-state index in [9.17, 15) is 9.59 Å². The van der Waals surface area contributed by atoms with Crippen molar-refractivity contribution in [2.45, 2.75) is 13.0 Å². The standard InChI is InChI=1S/C9H10N6O2/c1-5(8-12-4-13-15-8)14-9(17)6-2-7(16)11-3-10-6/h2-5H,1H3,(H,14,17)(H,10,11,16)(H,12,13,15). The fourth-order valence-corrected chi connectivity index (χ4v) is 1.26. The maximum Gasteiger partial charge on any atom is 0.270 e. The van der Waals surface area contributed by atoms with Gasteiger partial charge in [-0.25, -0.2) is 9.97 Å². The van der Waals surface area contributed by atoms with Crippen molar-refractivity contribution in [1.82, 2.24) is 30.5 Å². The van der Waals surface area contributed by atoms with Crippen molar-refractivity contribution in [2.75, 3.05) is 0 Å². The Bertz CT molecular complexity index is 561. The Kier molecular flexibility index (Phi) is 2.95. The molecule has 17 heavy (non-hydrogen) atoms. The lowest BCUT2D eigenvalue weighted by molar-refractivity contribution is 0.0933. The molecular weight excluding hydrogens is 224 g/mol. The van der Waals surface area contributed by atoms with Crippen LogP contribution in [-0.2, 0) is 0 Å². The topological polar surface area (TPSA) is 116 Å². The van der Waals surface area contributed by atoms with Crippen molar-refractivity contribution in [3.63, 3.8) is 0 Å². The average Bonchev–Trinajstić information content (AvgIpc) is 2.82. The van der Waals surface area contributed by atoms with Gasteiger partial charge in [0.05, 0.1) is 12.4 Å². The lowest BCUT2D eigenvalue weighted by Gasteiger charge is -2.09. The highest BCUT2D eigenvalue weighted by Crippen LogP contribution is 2.04. The third-order valence-corrected chi connectivity index (χ3v) is 2.10. The molecule has 0 spiro atoms. The van der Waals surface area contributed by atoms with Gasteiger partial charge < -0.3 is 10.3 Å². The van der Waals surface area contributed by atoms with Crippen LogP contribution in [0.2, 0.25) is 0 Å². The Labute approximate surface area is 95.5 Å². The van der Waals surface area contributed by atoms with Gasteiger partial charge in [0, 0.05) is 6.07 Å². The predicted octanol–water partition coefficient (Wildman–Crippen LogP) is -0.621. The van der Waals surface area contributed by atoms with Crippen LogP contribution in [0.25, 0.3) is 0 Å². The van der Waals surface area contributed by atoms with Crippen molar-refractivity contribution in [1.29, 1.82) is 0 Å². The Balaban J connectivity index is 2.10. The van der Waals surface area contributed by atoms with Gasteiger partial charge in [0.1, 0.15) is 17.8 Å². The van der Waals surface area contributed by atoms with Crippen LogP contribution in [0.4, 0.5) is 0 Å². The third-order valence-electron chi connectivity index (χ3n) is 2.10.